The second-order valence-electron chi connectivity index (χ2n) is 22.6. The molecule has 0 spiro atoms. The van der Waals surface area contributed by atoms with Crippen molar-refractivity contribution in [2.75, 3.05) is 46.3 Å². The summed E-state index contributed by atoms with van der Waals surface area (Å²) in [5.41, 5.74) is 0.467. The zero-order chi connectivity index (χ0) is 58.6. The highest BCUT2D eigenvalue weighted by Crippen LogP contribution is 2.45. The molecule has 10 rings (SSSR count). The first-order valence-corrected chi connectivity index (χ1v) is 29.8. The molecule has 2 fully saturated rings. The van der Waals surface area contributed by atoms with Crippen molar-refractivity contribution in [1.82, 2.24) is 34.1 Å². The average molecular weight is 1150 g/mol. The second kappa shape index (κ2) is 24.6. The van der Waals surface area contributed by atoms with Crippen molar-refractivity contribution in [2.24, 2.45) is 11.8 Å². The number of ether oxygens (including phenoxy) is 5. The Hall–Kier alpha value is -7.82. The molecule has 83 heavy (non-hydrogen) atoms. The number of carbonyl (C=O) groups excluding carboxylic acids is 1. The zero-order valence-corrected chi connectivity index (χ0v) is 49.2. The summed E-state index contributed by atoms with van der Waals surface area (Å²) in [6.07, 6.45) is 0.367. The lowest BCUT2D eigenvalue weighted by atomic mass is 9.80. The van der Waals surface area contributed by atoms with E-state index in [1.165, 1.54) is 17.1 Å². The van der Waals surface area contributed by atoms with E-state index in [4.69, 9.17) is 37.9 Å². The highest BCUT2D eigenvalue weighted by molar-refractivity contribution is 6.99. The predicted molar refractivity (Wildman–Crippen MR) is 318 cm³/mol. The molecule has 19 nitrogen and oxygen atoms in total. The molecule has 0 saturated carbocycles. The molecular formula is C63H72N8O11Si. The number of carbonyl (C=O) groups is 1. The molecule has 2 saturated heterocycles. The molecule has 1 amide bonds. The minimum absolute atomic E-state index is 0.00805. The Balaban J connectivity index is 0.999. The van der Waals surface area contributed by atoms with Gasteiger partial charge in [-0.2, -0.15) is 10.0 Å². The molecule has 20 heteroatoms. The van der Waals surface area contributed by atoms with Gasteiger partial charge in [0.25, 0.3) is 19.4 Å². The van der Waals surface area contributed by atoms with Gasteiger partial charge in [0.05, 0.1) is 46.0 Å². The highest BCUT2D eigenvalue weighted by Gasteiger charge is 2.54. The molecule has 0 aliphatic carbocycles. The number of amides is 1. The van der Waals surface area contributed by atoms with E-state index in [0.29, 0.717) is 30.0 Å². The van der Waals surface area contributed by atoms with E-state index < -0.39 is 61.5 Å². The van der Waals surface area contributed by atoms with Crippen LogP contribution in [0.3, 0.4) is 0 Å². The number of rotatable bonds is 21. The van der Waals surface area contributed by atoms with Crippen LogP contribution >= 0.6 is 0 Å². The lowest BCUT2D eigenvalue weighted by Gasteiger charge is -2.45. The number of nitrogens with zero attached hydrogens (tertiary/aromatic N) is 5. The number of hydroxylamine groups is 2. The number of aromatic amines is 2. The van der Waals surface area contributed by atoms with E-state index in [1.54, 1.807) is 44.6 Å². The fourth-order valence-electron chi connectivity index (χ4n) is 11.5. The Morgan fingerprint density at radius 2 is 1.29 bits per heavy atom. The summed E-state index contributed by atoms with van der Waals surface area (Å²) in [6.45, 7) is 12.2. The average Bonchev–Trinajstić information content (AvgIpc) is 1.98. The van der Waals surface area contributed by atoms with Crippen molar-refractivity contribution < 1.29 is 37.7 Å². The first-order valence-electron chi connectivity index (χ1n) is 27.9. The van der Waals surface area contributed by atoms with E-state index in [9.17, 15) is 19.2 Å². The van der Waals surface area contributed by atoms with Gasteiger partial charge >= 0.3 is 5.69 Å². The lowest BCUT2D eigenvalue weighted by Crippen LogP contribution is -2.68. The molecule has 5 aromatic carbocycles. The number of benzene rings is 5. The van der Waals surface area contributed by atoms with Gasteiger partial charge in [-0.1, -0.05) is 150 Å². The van der Waals surface area contributed by atoms with Crippen molar-refractivity contribution in [3.05, 3.63) is 205 Å². The van der Waals surface area contributed by atoms with E-state index in [1.807, 2.05) is 122 Å². The SMILES string of the molecule is COc1ccc(C(OC[C@H]2O[C@@H](n3cnc4c(=O)[nH]c(NC(=O)C(C)C)nc43)C[C@@H]2CN(C)OC[C@H]2O[C@@H](n3cc(C)c(=O)[nH]c3=O)C[C@@H]2O[Si](c2ccccc2)(c2ccccc2)C(C)(C)C)(c2ccccc2)c2ccc(OC)cc2)cc1. The number of nitrogens with one attached hydrogen (secondary N) is 3. The Morgan fingerprint density at radius 3 is 1.86 bits per heavy atom. The number of hydrogen-bond donors (Lipinski definition) is 3. The summed E-state index contributed by atoms with van der Waals surface area (Å²) < 4.78 is 43.6. The molecule has 2 aliphatic heterocycles. The molecule has 0 radical (unpaired) electrons. The number of anilines is 1. The maximum absolute atomic E-state index is 13.5. The van der Waals surface area contributed by atoms with Crippen molar-refractivity contribution in [1.29, 1.82) is 0 Å². The molecule has 3 N–H and O–H groups in total. The van der Waals surface area contributed by atoms with Gasteiger partial charge in [0.1, 0.15) is 35.7 Å². The normalized spacial score (nSPS) is 19.4. The first kappa shape index (κ1) is 58.4. The molecule has 5 heterocycles. The summed E-state index contributed by atoms with van der Waals surface area (Å²) in [6, 6.07) is 46.3. The van der Waals surface area contributed by atoms with Crippen molar-refractivity contribution in [3.63, 3.8) is 0 Å². The van der Waals surface area contributed by atoms with Gasteiger partial charge < -0.3 is 28.1 Å². The van der Waals surface area contributed by atoms with E-state index in [-0.39, 0.29) is 59.5 Å². The topological polar surface area (TPSA) is 215 Å². The van der Waals surface area contributed by atoms with Crippen molar-refractivity contribution in [3.8, 4) is 11.5 Å². The smallest absolute Gasteiger partial charge is 0.330 e. The van der Waals surface area contributed by atoms with Gasteiger partial charge in [-0.05, 0) is 69.7 Å². The van der Waals surface area contributed by atoms with Gasteiger partial charge in [0, 0.05) is 43.6 Å². The van der Waals surface area contributed by atoms with Crippen LogP contribution in [0.4, 0.5) is 5.95 Å². The van der Waals surface area contributed by atoms with Gasteiger partial charge in [-0.15, -0.1) is 0 Å². The molecule has 6 atom stereocenters. The largest absolute Gasteiger partial charge is 0.497 e. The predicted octanol–water partition coefficient (Wildman–Crippen LogP) is 7.60. The lowest BCUT2D eigenvalue weighted by molar-refractivity contribution is -0.187. The maximum atomic E-state index is 13.5. The van der Waals surface area contributed by atoms with E-state index in [0.717, 1.165) is 27.1 Å². The quantitative estimate of drug-likeness (QED) is 0.0359. The number of hydrogen-bond acceptors (Lipinski definition) is 14. The monoisotopic (exact) mass is 1140 g/mol. The van der Waals surface area contributed by atoms with Crippen LogP contribution in [0.1, 0.15) is 82.2 Å². The van der Waals surface area contributed by atoms with Gasteiger partial charge in [-0.3, -0.25) is 43.6 Å². The Morgan fingerprint density at radius 1 is 0.735 bits per heavy atom. The van der Waals surface area contributed by atoms with Crippen LogP contribution in [0.2, 0.25) is 5.04 Å². The highest BCUT2D eigenvalue weighted by atomic mass is 28.4. The van der Waals surface area contributed by atoms with Gasteiger partial charge in [0.15, 0.2) is 11.2 Å². The zero-order valence-electron chi connectivity index (χ0n) is 48.2. The Kier molecular flexibility index (Phi) is 17.3. The number of methoxy groups -OCH3 is 2. The van der Waals surface area contributed by atoms with Crippen molar-refractivity contribution in [2.45, 2.75) is 95.8 Å². The number of imidazole rings is 1. The maximum Gasteiger partial charge on any atom is 0.330 e. The van der Waals surface area contributed by atoms with Crippen molar-refractivity contribution >= 4 is 41.7 Å². The number of aromatic nitrogens is 6. The number of aryl methyl sites for hydroxylation is 1. The van der Waals surface area contributed by atoms with E-state index >= 15 is 0 Å². The van der Waals surface area contributed by atoms with Gasteiger partial charge in [0.2, 0.25) is 11.9 Å². The third kappa shape index (κ3) is 11.9. The molecule has 2 aliphatic rings. The summed E-state index contributed by atoms with van der Waals surface area (Å²) in [4.78, 5) is 73.6. The van der Waals surface area contributed by atoms with Crippen LogP contribution in [-0.4, -0.2) is 108 Å². The van der Waals surface area contributed by atoms with Crippen LogP contribution in [-0.2, 0) is 33.9 Å². The summed E-state index contributed by atoms with van der Waals surface area (Å²) in [5, 5.41) is 6.27. The minimum atomic E-state index is -3.19. The number of fused-ring (bicyclic) bond motifs is 1. The van der Waals surface area contributed by atoms with Crippen LogP contribution in [0, 0.1) is 18.8 Å². The fraction of sp³-hybridized carbons (Fsp3) is 0.365. The van der Waals surface area contributed by atoms with Crippen LogP contribution in [0.5, 0.6) is 11.5 Å². The Labute approximate surface area is 482 Å². The molecule has 3 aromatic heterocycles. The first-order chi connectivity index (χ1) is 39.9. The van der Waals surface area contributed by atoms with Crippen LogP contribution in [0.15, 0.2) is 166 Å². The summed E-state index contributed by atoms with van der Waals surface area (Å²) in [5.74, 6) is 0.377. The molecule has 0 bridgehead atoms. The molecule has 434 valence electrons. The standard InChI is InChI=1S/C63H72N8O11Si/c1-40(2)57(72)66-60-65-56-55(59(74)67-60)64-39-71(56)53-33-42(51(80-53)37-78-63(43-19-13-10-14-20-43,44-25-29-46(76-8)30-26-44)45-27-31-47(77-9)32-28-45)36-69(7)79-38-52-50(34-54(81-52)70-35-41(3)58(73)68-61(70)75)82-83(62(4,5)6,48-21-15-11-16-22-48)49-23-17-12-18-24-49/h10-32,35,39-40,42,50-54H,33-34,36-38H2,1-9H3,(H,68,73,75)(H2,65,66,67,72,74)/t42-,50+,51-,52-,53-,54-/m1/s1. The Bertz CT molecular complexity index is 3600. The third-order valence-corrected chi connectivity index (χ3v) is 20.9. The molecular weight excluding hydrogens is 1070 g/mol. The number of H-pyrrole nitrogens is 2. The van der Waals surface area contributed by atoms with E-state index in [2.05, 4.69) is 65.3 Å². The van der Waals surface area contributed by atoms with Crippen LogP contribution in [0.25, 0.3) is 11.2 Å². The third-order valence-electron chi connectivity index (χ3n) is 15.8. The van der Waals surface area contributed by atoms with Crippen LogP contribution < -0.4 is 42.0 Å². The fourth-order valence-corrected chi connectivity index (χ4v) is 16.2. The minimum Gasteiger partial charge on any atom is -0.497 e. The second-order valence-corrected chi connectivity index (χ2v) is 26.8. The van der Waals surface area contributed by atoms with Gasteiger partial charge in [-0.25, -0.2) is 9.78 Å². The molecule has 8 aromatic rings. The summed E-state index contributed by atoms with van der Waals surface area (Å²) in [7, 11) is 1.92. The molecule has 0 unspecified atom stereocenters. The summed E-state index contributed by atoms with van der Waals surface area (Å²) >= 11 is 0.